The van der Waals surface area contributed by atoms with Crippen LogP contribution in [0.25, 0.3) is 0 Å². The molecular formula is C13H11ClN4S2. The molecule has 2 aromatic heterocycles. The van der Waals surface area contributed by atoms with Gasteiger partial charge in [-0.15, -0.1) is 16.4 Å². The van der Waals surface area contributed by atoms with Crippen LogP contribution in [0.3, 0.4) is 0 Å². The Labute approximate surface area is 129 Å². The lowest BCUT2D eigenvalue weighted by atomic mass is 10.2. The summed E-state index contributed by atoms with van der Waals surface area (Å²) >= 11 is 9.11. The topological polar surface area (TPSA) is 53.6 Å². The van der Waals surface area contributed by atoms with E-state index in [4.69, 9.17) is 11.6 Å². The molecule has 0 saturated carbocycles. The predicted molar refractivity (Wildman–Crippen MR) is 84.3 cm³/mol. The fourth-order valence-electron chi connectivity index (χ4n) is 1.64. The maximum atomic E-state index is 6.06. The van der Waals surface area contributed by atoms with E-state index in [0.29, 0.717) is 11.1 Å². The molecule has 7 heteroatoms. The van der Waals surface area contributed by atoms with Crippen LogP contribution >= 0.6 is 34.7 Å². The van der Waals surface area contributed by atoms with Gasteiger partial charge < -0.3 is 5.32 Å². The first kappa shape index (κ1) is 13.5. The van der Waals surface area contributed by atoms with Crippen molar-refractivity contribution >= 4 is 46.3 Å². The molecule has 2 N–H and O–H groups in total. The van der Waals surface area contributed by atoms with Crippen LogP contribution in [-0.2, 0) is 0 Å². The van der Waals surface area contributed by atoms with Gasteiger partial charge in [0.2, 0.25) is 5.95 Å². The van der Waals surface area contributed by atoms with Crippen LogP contribution in [0.5, 0.6) is 0 Å². The van der Waals surface area contributed by atoms with Gasteiger partial charge >= 0.3 is 0 Å². The van der Waals surface area contributed by atoms with Crippen molar-refractivity contribution in [2.24, 2.45) is 0 Å². The van der Waals surface area contributed by atoms with Crippen molar-refractivity contribution in [2.45, 2.75) is 16.3 Å². The summed E-state index contributed by atoms with van der Waals surface area (Å²) in [5, 5.41) is 13.6. The second-order valence-electron chi connectivity index (χ2n) is 4.12. The average molecular weight is 323 g/mol. The summed E-state index contributed by atoms with van der Waals surface area (Å²) in [4.78, 5) is 4.38. The number of hydrogen-bond donors (Lipinski definition) is 2. The molecular weight excluding hydrogens is 312 g/mol. The van der Waals surface area contributed by atoms with Crippen LogP contribution in [0, 0.1) is 6.92 Å². The monoisotopic (exact) mass is 322 g/mol. The Balaban J connectivity index is 1.72. The van der Waals surface area contributed by atoms with Crippen LogP contribution < -0.4 is 5.32 Å². The van der Waals surface area contributed by atoms with Gasteiger partial charge in [0.25, 0.3) is 0 Å². The van der Waals surface area contributed by atoms with Gasteiger partial charge in [-0.2, -0.15) is 4.98 Å². The van der Waals surface area contributed by atoms with E-state index in [-0.39, 0.29) is 0 Å². The van der Waals surface area contributed by atoms with Crippen molar-refractivity contribution in [3.8, 4) is 0 Å². The van der Waals surface area contributed by atoms with Gasteiger partial charge in [-0.3, -0.25) is 5.10 Å². The highest BCUT2D eigenvalue weighted by molar-refractivity contribution is 8.01. The van der Waals surface area contributed by atoms with E-state index < -0.39 is 0 Å². The molecule has 1 aromatic carbocycles. The minimum absolute atomic E-state index is 0.547. The average Bonchev–Trinajstić information content (AvgIpc) is 3.01. The van der Waals surface area contributed by atoms with E-state index in [1.807, 2.05) is 42.6 Å². The maximum absolute atomic E-state index is 6.06. The number of aromatic nitrogens is 3. The number of nitrogens with one attached hydrogen (secondary N) is 2. The highest BCUT2D eigenvalue weighted by Gasteiger charge is 2.09. The van der Waals surface area contributed by atoms with Crippen LogP contribution in [0.15, 0.2) is 45.1 Å². The van der Waals surface area contributed by atoms with Crippen molar-refractivity contribution in [3.05, 3.63) is 46.3 Å². The lowest BCUT2D eigenvalue weighted by Crippen LogP contribution is -1.92. The zero-order chi connectivity index (χ0) is 13.9. The fraction of sp³-hybridized carbons (Fsp3) is 0.0769. The Hall–Kier alpha value is -1.50. The molecule has 0 amide bonds. The molecule has 2 heterocycles. The smallest absolute Gasteiger partial charge is 0.247 e. The van der Waals surface area contributed by atoms with E-state index in [2.05, 4.69) is 20.5 Å². The first-order chi connectivity index (χ1) is 9.70. The third kappa shape index (κ3) is 3.15. The van der Waals surface area contributed by atoms with Crippen molar-refractivity contribution in [2.75, 3.05) is 5.32 Å². The van der Waals surface area contributed by atoms with Gasteiger partial charge in [0.1, 0.15) is 0 Å². The third-order valence-electron chi connectivity index (χ3n) is 2.51. The van der Waals surface area contributed by atoms with E-state index in [0.717, 1.165) is 14.9 Å². The molecule has 4 nitrogen and oxygen atoms in total. The van der Waals surface area contributed by atoms with Gasteiger partial charge in [0, 0.05) is 5.69 Å². The molecule has 0 aliphatic heterocycles. The third-order valence-corrected chi connectivity index (χ3v) is 5.08. The molecule has 0 aliphatic carbocycles. The first-order valence-corrected chi connectivity index (χ1v) is 7.95. The number of aromatic amines is 1. The summed E-state index contributed by atoms with van der Waals surface area (Å²) in [6.07, 6.45) is 0. The lowest BCUT2D eigenvalue weighted by molar-refractivity contribution is 0.975. The van der Waals surface area contributed by atoms with Crippen LogP contribution in [-0.4, -0.2) is 15.2 Å². The number of aryl methyl sites for hydroxylation is 1. The summed E-state index contributed by atoms with van der Waals surface area (Å²) in [5.41, 5.74) is 2.15. The van der Waals surface area contributed by atoms with Crippen LogP contribution in [0.4, 0.5) is 11.6 Å². The molecule has 3 rings (SSSR count). The maximum Gasteiger partial charge on any atom is 0.247 e. The number of anilines is 2. The number of benzene rings is 1. The van der Waals surface area contributed by atoms with Crippen molar-refractivity contribution in [1.29, 1.82) is 0 Å². The molecule has 0 fully saturated rings. The molecule has 0 atom stereocenters. The van der Waals surface area contributed by atoms with Crippen LogP contribution in [0.2, 0.25) is 5.02 Å². The fourth-order valence-corrected chi connectivity index (χ4v) is 3.70. The van der Waals surface area contributed by atoms with Gasteiger partial charge in [0.05, 0.1) is 9.23 Å². The number of halogens is 1. The number of nitrogens with zero attached hydrogens (tertiary/aromatic N) is 2. The van der Waals surface area contributed by atoms with Gasteiger partial charge in [-0.1, -0.05) is 23.7 Å². The molecule has 0 radical (unpaired) electrons. The van der Waals surface area contributed by atoms with Gasteiger partial charge in [-0.25, -0.2) is 0 Å². The zero-order valence-electron chi connectivity index (χ0n) is 10.6. The zero-order valence-corrected chi connectivity index (χ0v) is 12.9. The lowest BCUT2D eigenvalue weighted by Gasteiger charge is -2.01. The quantitative estimate of drug-likeness (QED) is 0.729. The molecule has 0 bridgehead atoms. The van der Waals surface area contributed by atoms with Gasteiger partial charge in [-0.05, 0) is 47.8 Å². The normalized spacial score (nSPS) is 10.7. The summed E-state index contributed by atoms with van der Waals surface area (Å²) in [5.74, 6) is 0.547. The molecule has 0 aliphatic rings. The van der Waals surface area contributed by atoms with E-state index in [1.165, 1.54) is 17.3 Å². The Bertz CT molecular complexity index is 722. The number of thiophene rings is 1. The molecule has 3 aromatic rings. The second kappa shape index (κ2) is 5.87. The standard InChI is InChI=1S/C13H11ClN4S2/c1-8-3-2-4-9(7-8)15-12-16-13(18-17-12)20-11-10(14)5-6-19-11/h2-7H,1H3,(H2,15,16,17,18). The van der Waals surface area contributed by atoms with E-state index in [9.17, 15) is 0 Å². The SMILES string of the molecule is Cc1cccc(Nc2n[nH]c(Sc3sccc3Cl)n2)c1. The molecule has 20 heavy (non-hydrogen) atoms. The first-order valence-electron chi connectivity index (χ1n) is 5.87. The molecule has 0 saturated heterocycles. The Morgan fingerprint density at radius 3 is 3.00 bits per heavy atom. The number of H-pyrrole nitrogens is 1. The largest absolute Gasteiger partial charge is 0.323 e. The van der Waals surface area contributed by atoms with E-state index >= 15 is 0 Å². The predicted octanol–water partition coefficient (Wildman–Crippen LogP) is 4.72. The minimum atomic E-state index is 0.547. The van der Waals surface area contributed by atoms with Crippen molar-refractivity contribution in [3.63, 3.8) is 0 Å². The summed E-state index contributed by atoms with van der Waals surface area (Å²) in [6, 6.07) is 9.93. The molecule has 102 valence electrons. The number of hydrogen-bond acceptors (Lipinski definition) is 5. The van der Waals surface area contributed by atoms with E-state index in [1.54, 1.807) is 11.3 Å². The van der Waals surface area contributed by atoms with Crippen molar-refractivity contribution in [1.82, 2.24) is 15.2 Å². The minimum Gasteiger partial charge on any atom is -0.323 e. The van der Waals surface area contributed by atoms with Gasteiger partial charge in [0.15, 0.2) is 5.16 Å². The Morgan fingerprint density at radius 2 is 2.25 bits per heavy atom. The Morgan fingerprint density at radius 1 is 1.35 bits per heavy atom. The summed E-state index contributed by atoms with van der Waals surface area (Å²) < 4.78 is 1.00. The van der Waals surface area contributed by atoms with Crippen LogP contribution in [0.1, 0.15) is 5.56 Å². The highest BCUT2D eigenvalue weighted by atomic mass is 35.5. The second-order valence-corrected chi connectivity index (χ2v) is 6.70. The summed E-state index contributed by atoms with van der Waals surface area (Å²) in [7, 11) is 0. The number of rotatable bonds is 4. The van der Waals surface area contributed by atoms with Crippen molar-refractivity contribution < 1.29 is 0 Å². The highest BCUT2D eigenvalue weighted by Crippen LogP contribution is 2.36. The summed E-state index contributed by atoms with van der Waals surface area (Å²) in [6.45, 7) is 2.04. The Kier molecular flexibility index (Phi) is 3.95. The molecule has 0 unspecified atom stereocenters. The molecule has 0 spiro atoms.